The van der Waals surface area contributed by atoms with Crippen LogP contribution in [0.3, 0.4) is 0 Å². The fourth-order valence-corrected chi connectivity index (χ4v) is 2.23. The second-order valence-corrected chi connectivity index (χ2v) is 5.04. The highest BCUT2D eigenvalue weighted by Crippen LogP contribution is 2.19. The van der Waals surface area contributed by atoms with Crippen LogP contribution in [-0.2, 0) is 6.42 Å². The lowest BCUT2D eigenvalue weighted by atomic mass is 10.1. The third-order valence-corrected chi connectivity index (χ3v) is 3.43. The molecule has 116 valence electrons. The minimum atomic E-state index is 0.626. The first-order chi connectivity index (χ1) is 11.3. The number of ether oxygens (including phenoxy) is 1. The Kier molecular flexibility index (Phi) is 4.79. The molecule has 0 atom stereocenters. The Labute approximate surface area is 135 Å². The Hall–Kier alpha value is -2.95. The zero-order chi connectivity index (χ0) is 15.9. The molecule has 0 aliphatic heterocycles. The Bertz CT molecular complexity index is 762. The molecule has 3 rings (SSSR count). The molecule has 2 aromatic heterocycles. The molecule has 23 heavy (non-hydrogen) atoms. The summed E-state index contributed by atoms with van der Waals surface area (Å²) in [6.07, 6.45) is 6.07. The van der Waals surface area contributed by atoms with Crippen LogP contribution >= 0.6 is 0 Å². The molecular weight excluding hydrogens is 288 g/mol. The summed E-state index contributed by atoms with van der Waals surface area (Å²) in [6, 6.07) is 14.1. The predicted octanol–water partition coefficient (Wildman–Crippen LogP) is 3.20. The largest absolute Gasteiger partial charge is 0.495 e. The minimum absolute atomic E-state index is 0.626. The van der Waals surface area contributed by atoms with E-state index in [9.17, 15) is 0 Å². The second kappa shape index (κ2) is 7.35. The molecule has 5 heteroatoms. The lowest BCUT2D eigenvalue weighted by molar-refractivity contribution is 0.413. The van der Waals surface area contributed by atoms with Gasteiger partial charge in [0.05, 0.1) is 13.3 Å². The van der Waals surface area contributed by atoms with Gasteiger partial charge in [-0.15, -0.1) is 0 Å². The zero-order valence-corrected chi connectivity index (χ0v) is 12.9. The van der Waals surface area contributed by atoms with Crippen LogP contribution < -0.4 is 10.1 Å². The monoisotopic (exact) mass is 306 g/mol. The van der Waals surface area contributed by atoms with Crippen LogP contribution in [0.4, 0.5) is 5.82 Å². The molecule has 0 aliphatic rings. The molecule has 3 aromatic rings. The van der Waals surface area contributed by atoms with Crippen LogP contribution in [0.5, 0.6) is 5.75 Å². The molecule has 5 nitrogen and oxygen atoms in total. The van der Waals surface area contributed by atoms with Gasteiger partial charge in [-0.25, -0.2) is 9.97 Å². The van der Waals surface area contributed by atoms with E-state index in [-0.39, 0.29) is 0 Å². The Balaban J connectivity index is 1.67. The van der Waals surface area contributed by atoms with Gasteiger partial charge < -0.3 is 10.1 Å². The summed E-state index contributed by atoms with van der Waals surface area (Å²) in [4.78, 5) is 13.0. The van der Waals surface area contributed by atoms with Crippen LogP contribution in [-0.4, -0.2) is 28.6 Å². The molecular formula is C18H18N4O. The van der Waals surface area contributed by atoms with E-state index in [2.05, 4.69) is 32.4 Å². The lowest BCUT2D eigenvalue weighted by Crippen LogP contribution is -2.07. The van der Waals surface area contributed by atoms with Crippen LogP contribution in [0.25, 0.3) is 11.4 Å². The van der Waals surface area contributed by atoms with E-state index in [0.717, 1.165) is 24.3 Å². The van der Waals surface area contributed by atoms with Crippen molar-refractivity contribution in [2.24, 2.45) is 0 Å². The van der Waals surface area contributed by atoms with Gasteiger partial charge in [-0.2, -0.15) is 0 Å². The number of anilines is 1. The molecule has 1 N–H and O–H groups in total. The molecule has 0 unspecified atom stereocenters. The lowest BCUT2D eigenvalue weighted by Gasteiger charge is -2.07. The maximum absolute atomic E-state index is 5.19. The van der Waals surface area contributed by atoms with Gasteiger partial charge in [0.25, 0.3) is 0 Å². The molecule has 0 saturated carbocycles. The van der Waals surface area contributed by atoms with Crippen molar-refractivity contribution in [3.05, 3.63) is 66.6 Å². The van der Waals surface area contributed by atoms with Gasteiger partial charge in [-0.05, 0) is 24.1 Å². The van der Waals surface area contributed by atoms with Crippen molar-refractivity contribution >= 4 is 5.82 Å². The summed E-state index contributed by atoms with van der Waals surface area (Å²) >= 11 is 0. The number of aromatic nitrogens is 3. The predicted molar refractivity (Wildman–Crippen MR) is 90.5 cm³/mol. The van der Waals surface area contributed by atoms with Gasteiger partial charge in [0, 0.05) is 24.5 Å². The van der Waals surface area contributed by atoms with Crippen LogP contribution in [0.1, 0.15) is 5.56 Å². The summed E-state index contributed by atoms with van der Waals surface area (Å²) in [5.74, 6) is 2.11. The molecule has 0 saturated heterocycles. The Morgan fingerprint density at radius 1 is 1.09 bits per heavy atom. The zero-order valence-electron chi connectivity index (χ0n) is 12.9. The van der Waals surface area contributed by atoms with Crippen molar-refractivity contribution in [2.75, 3.05) is 19.0 Å². The second-order valence-electron chi connectivity index (χ2n) is 5.04. The van der Waals surface area contributed by atoms with Crippen molar-refractivity contribution in [3.63, 3.8) is 0 Å². The minimum Gasteiger partial charge on any atom is -0.495 e. The van der Waals surface area contributed by atoms with Gasteiger partial charge in [-0.3, -0.25) is 4.98 Å². The summed E-state index contributed by atoms with van der Waals surface area (Å²) in [5, 5.41) is 3.33. The summed E-state index contributed by atoms with van der Waals surface area (Å²) in [7, 11) is 1.61. The van der Waals surface area contributed by atoms with E-state index < -0.39 is 0 Å². The van der Waals surface area contributed by atoms with Crippen molar-refractivity contribution < 1.29 is 4.74 Å². The van der Waals surface area contributed by atoms with Crippen LogP contribution in [0.15, 0.2) is 61.1 Å². The fraction of sp³-hybridized carbons (Fsp3) is 0.167. The van der Waals surface area contributed by atoms with Gasteiger partial charge in [-0.1, -0.05) is 30.3 Å². The van der Waals surface area contributed by atoms with E-state index in [1.54, 1.807) is 25.7 Å². The third-order valence-electron chi connectivity index (χ3n) is 3.43. The summed E-state index contributed by atoms with van der Waals surface area (Å²) in [5.41, 5.74) is 2.13. The molecule has 0 bridgehead atoms. The molecule has 0 amide bonds. The van der Waals surface area contributed by atoms with E-state index in [0.29, 0.717) is 11.6 Å². The van der Waals surface area contributed by atoms with E-state index in [1.165, 1.54) is 5.56 Å². The topological polar surface area (TPSA) is 59.9 Å². The fourth-order valence-electron chi connectivity index (χ4n) is 2.23. The highest BCUT2D eigenvalue weighted by atomic mass is 16.5. The van der Waals surface area contributed by atoms with Crippen LogP contribution in [0, 0.1) is 0 Å². The molecule has 0 spiro atoms. The number of pyridine rings is 1. The molecule has 0 aliphatic carbocycles. The van der Waals surface area contributed by atoms with Crippen LogP contribution in [0.2, 0.25) is 0 Å². The van der Waals surface area contributed by atoms with Crippen molar-refractivity contribution in [1.82, 2.24) is 15.0 Å². The molecule has 0 radical (unpaired) electrons. The average Bonchev–Trinajstić information content (AvgIpc) is 2.63. The van der Waals surface area contributed by atoms with E-state index in [1.807, 2.05) is 30.3 Å². The van der Waals surface area contributed by atoms with Gasteiger partial charge >= 0.3 is 0 Å². The van der Waals surface area contributed by atoms with Gasteiger partial charge in [0.2, 0.25) is 0 Å². The number of rotatable bonds is 6. The van der Waals surface area contributed by atoms with Crippen molar-refractivity contribution in [2.45, 2.75) is 6.42 Å². The Morgan fingerprint density at radius 3 is 2.78 bits per heavy atom. The SMILES string of the molecule is COc1cncc(-c2nccc(NCCc3ccccc3)n2)c1. The number of benzene rings is 1. The number of methoxy groups -OCH3 is 1. The first-order valence-electron chi connectivity index (χ1n) is 7.45. The highest BCUT2D eigenvalue weighted by Gasteiger charge is 2.05. The smallest absolute Gasteiger partial charge is 0.163 e. The maximum atomic E-state index is 5.19. The standard InChI is InChI=1S/C18H18N4O/c1-23-16-11-15(12-19-13-16)18-21-10-8-17(22-18)20-9-7-14-5-3-2-4-6-14/h2-6,8,10-13H,7,9H2,1H3,(H,20,21,22). The first kappa shape index (κ1) is 15.0. The number of nitrogens with one attached hydrogen (secondary N) is 1. The molecule has 2 heterocycles. The summed E-state index contributed by atoms with van der Waals surface area (Å²) in [6.45, 7) is 0.816. The quantitative estimate of drug-likeness (QED) is 0.758. The Morgan fingerprint density at radius 2 is 1.96 bits per heavy atom. The first-order valence-corrected chi connectivity index (χ1v) is 7.45. The third kappa shape index (κ3) is 4.03. The van der Waals surface area contributed by atoms with E-state index >= 15 is 0 Å². The number of hydrogen-bond donors (Lipinski definition) is 1. The van der Waals surface area contributed by atoms with Crippen molar-refractivity contribution in [3.8, 4) is 17.1 Å². The van der Waals surface area contributed by atoms with Crippen molar-refractivity contribution in [1.29, 1.82) is 0 Å². The summed E-state index contributed by atoms with van der Waals surface area (Å²) < 4.78 is 5.19. The number of hydrogen-bond acceptors (Lipinski definition) is 5. The van der Waals surface area contributed by atoms with Gasteiger partial charge in [0.15, 0.2) is 5.82 Å². The highest BCUT2D eigenvalue weighted by molar-refractivity contribution is 5.57. The average molecular weight is 306 g/mol. The maximum Gasteiger partial charge on any atom is 0.163 e. The molecule has 1 aromatic carbocycles. The molecule has 0 fully saturated rings. The van der Waals surface area contributed by atoms with Gasteiger partial charge in [0.1, 0.15) is 11.6 Å². The number of nitrogens with zero attached hydrogens (tertiary/aromatic N) is 3. The van der Waals surface area contributed by atoms with E-state index in [4.69, 9.17) is 4.74 Å². The normalized spacial score (nSPS) is 10.3.